The Hall–Kier alpha value is -2.88. The van der Waals surface area contributed by atoms with Gasteiger partial charge in [-0.15, -0.1) is 0 Å². The topological polar surface area (TPSA) is 19.4 Å². The Morgan fingerprint density at radius 1 is 0.812 bits per heavy atom. The van der Waals surface area contributed by atoms with Gasteiger partial charge in [0.2, 0.25) is 0 Å². The number of anilines is 1. The van der Waals surface area contributed by atoms with Crippen LogP contribution in [0, 0.1) is 0 Å². The average molecular weight is 442 g/mol. The van der Waals surface area contributed by atoms with Crippen LogP contribution >= 0.6 is 11.6 Å². The molecule has 3 aromatic carbocycles. The Morgan fingerprint density at radius 2 is 1.44 bits per heavy atom. The molecule has 0 radical (unpaired) electrons. The van der Waals surface area contributed by atoms with Gasteiger partial charge in [0.05, 0.1) is 5.52 Å². The smallest absolute Gasteiger partial charge is 0.0737 e. The highest BCUT2D eigenvalue weighted by Crippen LogP contribution is 2.31. The summed E-state index contributed by atoms with van der Waals surface area (Å²) in [6.45, 7) is 4.06. The zero-order chi connectivity index (χ0) is 21.8. The van der Waals surface area contributed by atoms with Crippen LogP contribution in [0.1, 0.15) is 24.0 Å². The number of piperidine rings is 1. The standard InChI is InChI=1S/C28H28ClN3/c29-24-11-12-26-27(19-24)30-16-13-28(26)31-17-14-25(15-18-31)32(20-22-7-3-1-4-8-22)21-23-9-5-2-6-10-23/h1-13,16,19,25H,14-15,17-18,20-21H2. The third-order valence-corrected chi connectivity index (χ3v) is 6.70. The fourth-order valence-electron chi connectivity index (χ4n) is 4.80. The van der Waals surface area contributed by atoms with Crippen molar-refractivity contribution in [3.8, 4) is 0 Å². The minimum Gasteiger partial charge on any atom is -0.371 e. The van der Waals surface area contributed by atoms with Crippen LogP contribution in [-0.4, -0.2) is 29.0 Å². The van der Waals surface area contributed by atoms with Crippen molar-refractivity contribution >= 4 is 28.2 Å². The SMILES string of the molecule is Clc1ccc2c(N3CCC(N(Cc4ccccc4)Cc4ccccc4)CC3)ccnc2c1. The summed E-state index contributed by atoms with van der Waals surface area (Å²) < 4.78 is 0. The van der Waals surface area contributed by atoms with Crippen molar-refractivity contribution in [1.82, 2.24) is 9.88 Å². The molecular formula is C28H28ClN3. The molecule has 0 unspecified atom stereocenters. The first kappa shape index (κ1) is 21.0. The van der Waals surface area contributed by atoms with E-state index in [1.165, 1.54) is 22.2 Å². The van der Waals surface area contributed by atoms with Crippen LogP contribution in [0.4, 0.5) is 5.69 Å². The zero-order valence-electron chi connectivity index (χ0n) is 18.2. The summed E-state index contributed by atoms with van der Waals surface area (Å²) >= 11 is 6.18. The molecule has 162 valence electrons. The van der Waals surface area contributed by atoms with Gasteiger partial charge < -0.3 is 4.90 Å². The number of rotatable bonds is 6. The summed E-state index contributed by atoms with van der Waals surface area (Å²) in [5.41, 5.74) is 4.99. The molecule has 0 aliphatic carbocycles. The molecule has 0 spiro atoms. The minimum atomic E-state index is 0.564. The van der Waals surface area contributed by atoms with Crippen LogP contribution in [0.15, 0.2) is 91.1 Å². The molecule has 1 aromatic heterocycles. The minimum absolute atomic E-state index is 0.564. The molecule has 3 nitrogen and oxygen atoms in total. The molecule has 1 aliphatic heterocycles. The van der Waals surface area contributed by atoms with E-state index in [1.54, 1.807) is 0 Å². The molecule has 0 atom stereocenters. The summed E-state index contributed by atoms with van der Waals surface area (Å²) in [7, 11) is 0. The van der Waals surface area contributed by atoms with Crippen LogP contribution in [0.25, 0.3) is 10.9 Å². The monoisotopic (exact) mass is 441 g/mol. The van der Waals surface area contributed by atoms with Crippen molar-refractivity contribution in [1.29, 1.82) is 0 Å². The summed E-state index contributed by atoms with van der Waals surface area (Å²) in [5.74, 6) is 0. The second-order valence-corrected chi connectivity index (χ2v) is 9.02. The maximum atomic E-state index is 6.18. The van der Waals surface area contributed by atoms with Crippen LogP contribution < -0.4 is 4.90 Å². The van der Waals surface area contributed by atoms with Crippen LogP contribution in [0.3, 0.4) is 0 Å². The van der Waals surface area contributed by atoms with Crippen molar-refractivity contribution in [2.45, 2.75) is 32.0 Å². The van der Waals surface area contributed by atoms with Gasteiger partial charge in [-0.3, -0.25) is 9.88 Å². The number of pyridine rings is 1. The molecule has 1 fully saturated rings. The van der Waals surface area contributed by atoms with Gasteiger partial charge in [-0.25, -0.2) is 0 Å². The highest BCUT2D eigenvalue weighted by atomic mass is 35.5. The Bertz CT molecular complexity index is 1110. The molecular weight excluding hydrogens is 414 g/mol. The highest BCUT2D eigenvalue weighted by Gasteiger charge is 2.26. The third kappa shape index (κ3) is 4.79. The molecule has 0 amide bonds. The summed E-state index contributed by atoms with van der Waals surface area (Å²) in [6.07, 6.45) is 4.20. The first-order chi connectivity index (χ1) is 15.8. The lowest BCUT2D eigenvalue weighted by molar-refractivity contribution is 0.152. The molecule has 1 aliphatic rings. The summed E-state index contributed by atoms with van der Waals surface area (Å²) in [5, 5.41) is 1.92. The number of hydrogen-bond donors (Lipinski definition) is 0. The Kier molecular flexibility index (Phi) is 6.38. The first-order valence-electron chi connectivity index (χ1n) is 11.4. The largest absolute Gasteiger partial charge is 0.371 e. The maximum Gasteiger partial charge on any atom is 0.0737 e. The van der Waals surface area contributed by atoms with Crippen molar-refractivity contribution < 1.29 is 0 Å². The van der Waals surface area contributed by atoms with E-state index in [1.807, 2.05) is 18.3 Å². The first-order valence-corrected chi connectivity index (χ1v) is 11.8. The van der Waals surface area contributed by atoms with E-state index in [0.717, 1.165) is 49.6 Å². The van der Waals surface area contributed by atoms with E-state index < -0.39 is 0 Å². The van der Waals surface area contributed by atoms with Crippen LogP contribution in [0.5, 0.6) is 0 Å². The number of halogens is 1. The molecule has 0 saturated carbocycles. The van der Waals surface area contributed by atoms with E-state index in [0.29, 0.717) is 6.04 Å². The lowest BCUT2D eigenvalue weighted by Crippen LogP contribution is -2.44. The van der Waals surface area contributed by atoms with E-state index in [2.05, 4.69) is 87.6 Å². The van der Waals surface area contributed by atoms with Gasteiger partial charge in [-0.2, -0.15) is 0 Å². The molecule has 2 heterocycles. The average Bonchev–Trinajstić information content (AvgIpc) is 2.84. The molecule has 32 heavy (non-hydrogen) atoms. The van der Waals surface area contributed by atoms with Crippen molar-refractivity contribution in [3.05, 3.63) is 107 Å². The van der Waals surface area contributed by atoms with Crippen molar-refractivity contribution in [2.24, 2.45) is 0 Å². The number of hydrogen-bond acceptors (Lipinski definition) is 3. The number of benzene rings is 3. The highest BCUT2D eigenvalue weighted by molar-refractivity contribution is 6.31. The molecule has 4 heteroatoms. The molecule has 5 rings (SSSR count). The third-order valence-electron chi connectivity index (χ3n) is 6.46. The van der Waals surface area contributed by atoms with E-state index in [9.17, 15) is 0 Å². The fraction of sp³-hybridized carbons (Fsp3) is 0.250. The predicted octanol–water partition coefficient (Wildman–Crippen LogP) is 6.56. The van der Waals surface area contributed by atoms with Gasteiger partial charge in [-0.1, -0.05) is 72.3 Å². The Balaban J connectivity index is 1.33. The fourth-order valence-corrected chi connectivity index (χ4v) is 4.97. The van der Waals surface area contributed by atoms with E-state index >= 15 is 0 Å². The van der Waals surface area contributed by atoms with Gasteiger partial charge in [-0.05, 0) is 48.2 Å². The van der Waals surface area contributed by atoms with Gasteiger partial charge in [0.15, 0.2) is 0 Å². The van der Waals surface area contributed by atoms with Crippen molar-refractivity contribution in [3.63, 3.8) is 0 Å². The van der Waals surface area contributed by atoms with Gasteiger partial charge in [0.1, 0.15) is 0 Å². The summed E-state index contributed by atoms with van der Waals surface area (Å²) in [6, 6.07) is 30.4. The summed E-state index contributed by atoms with van der Waals surface area (Å²) in [4.78, 5) is 9.69. The van der Waals surface area contributed by atoms with Gasteiger partial charge >= 0.3 is 0 Å². The maximum absolute atomic E-state index is 6.18. The lowest BCUT2D eigenvalue weighted by atomic mass is 10.00. The second-order valence-electron chi connectivity index (χ2n) is 8.59. The number of aromatic nitrogens is 1. The number of fused-ring (bicyclic) bond motifs is 1. The molecule has 4 aromatic rings. The van der Waals surface area contributed by atoms with Gasteiger partial charge in [0.25, 0.3) is 0 Å². The van der Waals surface area contributed by atoms with E-state index in [4.69, 9.17) is 11.6 Å². The molecule has 0 bridgehead atoms. The van der Waals surface area contributed by atoms with Crippen molar-refractivity contribution in [2.75, 3.05) is 18.0 Å². The molecule has 0 N–H and O–H groups in total. The van der Waals surface area contributed by atoms with E-state index in [-0.39, 0.29) is 0 Å². The Morgan fingerprint density at radius 3 is 2.06 bits per heavy atom. The lowest BCUT2D eigenvalue weighted by Gasteiger charge is -2.40. The normalized spacial score (nSPS) is 14.9. The second kappa shape index (κ2) is 9.72. The van der Waals surface area contributed by atoms with Gasteiger partial charge in [0, 0.05) is 54.5 Å². The Labute approximate surface area is 195 Å². The molecule has 1 saturated heterocycles. The predicted molar refractivity (Wildman–Crippen MR) is 134 cm³/mol. The number of nitrogens with zero attached hydrogens (tertiary/aromatic N) is 3. The quantitative estimate of drug-likeness (QED) is 0.337. The zero-order valence-corrected chi connectivity index (χ0v) is 19.0. The van der Waals surface area contributed by atoms with Crippen LogP contribution in [-0.2, 0) is 13.1 Å². The van der Waals surface area contributed by atoms with Crippen LogP contribution in [0.2, 0.25) is 5.02 Å².